The molecule has 0 aliphatic carbocycles. The maximum absolute atomic E-state index is 12.9. The van der Waals surface area contributed by atoms with Crippen LogP contribution in [0.15, 0.2) is 47.5 Å². The molecule has 0 amide bonds. The van der Waals surface area contributed by atoms with Crippen molar-refractivity contribution in [2.45, 2.75) is 51.5 Å². The van der Waals surface area contributed by atoms with Crippen LogP contribution < -0.4 is 10.5 Å². The highest BCUT2D eigenvalue weighted by Gasteiger charge is 2.29. The quantitative estimate of drug-likeness (QED) is 0.289. The first kappa shape index (κ1) is 28.0. The number of hydrogen-bond donors (Lipinski definition) is 2. The summed E-state index contributed by atoms with van der Waals surface area (Å²) in [4.78, 5) is 26.4. The van der Waals surface area contributed by atoms with Crippen LogP contribution in [0.1, 0.15) is 67.3 Å². The first-order valence-corrected chi connectivity index (χ1v) is 12.5. The number of nitrogens with two attached hydrogens (primary N) is 1. The zero-order chi connectivity index (χ0) is 26.8. The van der Waals surface area contributed by atoms with E-state index in [0.717, 1.165) is 59.8 Å². The fourth-order valence-corrected chi connectivity index (χ4v) is 4.44. The van der Waals surface area contributed by atoms with Crippen molar-refractivity contribution in [1.82, 2.24) is 14.8 Å². The Morgan fingerprint density at radius 3 is 2.51 bits per heavy atom. The lowest BCUT2D eigenvalue weighted by Gasteiger charge is -2.14. The number of unbranched alkanes of at least 4 members (excludes halogenated alkanes) is 3. The number of rotatable bonds is 10. The van der Waals surface area contributed by atoms with E-state index in [4.69, 9.17) is 37.0 Å². The van der Waals surface area contributed by atoms with E-state index in [0.29, 0.717) is 23.8 Å². The topological polar surface area (TPSA) is 133 Å². The Balaban J connectivity index is 0.00000121. The fraction of sp³-hybridized carbons (Fsp3) is 0.370. The van der Waals surface area contributed by atoms with Gasteiger partial charge in [0.1, 0.15) is 23.4 Å². The molecular weight excluding hydrogens is 494 g/mol. The van der Waals surface area contributed by atoms with Crippen molar-refractivity contribution in [1.29, 1.82) is 0 Å². The smallest absolute Gasteiger partial charge is 0.290 e. The fourth-order valence-electron chi connectivity index (χ4n) is 4.31. The van der Waals surface area contributed by atoms with Crippen LogP contribution in [-0.4, -0.2) is 51.5 Å². The summed E-state index contributed by atoms with van der Waals surface area (Å²) in [5, 5.41) is 16.3. The third kappa shape index (κ3) is 7.02. The summed E-state index contributed by atoms with van der Waals surface area (Å²) in [6, 6.07) is 13.0. The molecule has 3 N–H and O–H groups in total. The number of aryl methyl sites for hydroxylation is 1. The standard InChI is InChI=1S/C26H30ClN5O2.CH2O2/c1-17-30-31-26-23(15-20(33)7-5-3-4-6-14-28)29-25(18-8-10-19(27)11-9-18)22-16-21(34-2)12-13-24(22)32(17)26;2-1-3/h8-13,16,23H,3-7,14-15,28H2,1-2H3;1H,(H,2,3)/t23-;/m0./s1. The number of nitrogens with zero attached hydrogens (tertiary/aromatic N) is 4. The number of aliphatic imine (C=N–C) groups is 1. The molecule has 1 aromatic heterocycles. The van der Waals surface area contributed by atoms with Gasteiger partial charge in [-0.15, -0.1) is 10.2 Å². The molecule has 9 nitrogen and oxygen atoms in total. The number of ether oxygens (including phenoxy) is 1. The second-order valence-electron chi connectivity index (χ2n) is 8.63. The lowest BCUT2D eigenvalue weighted by molar-refractivity contribution is -0.123. The molecule has 1 aliphatic rings. The average molecular weight is 526 g/mol. The number of methoxy groups -OCH3 is 1. The Kier molecular flexibility index (Phi) is 10.3. The summed E-state index contributed by atoms with van der Waals surface area (Å²) in [5.41, 5.74) is 9.05. The highest BCUT2D eigenvalue weighted by molar-refractivity contribution is 6.30. The summed E-state index contributed by atoms with van der Waals surface area (Å²) < 4.78 is 7.51. The normalized spacial score (nSPS) is 13.8. The number of carbonyl (C=O) groups is 2. The summed E-state index contributed by atoms with van der Waals surface area (Å²) in [7, 11) is 1.64. The zero-order valence-corrected chi connectivity index (χ0v) is 21.8. The third-order valence-electron chi connectivity index (χ3n) is 6.08. The Bertz CT molecular complexity index is 1240. The van der Waals surface area contributed by atoms with Gasteiger partial charge in [-0.1, -0.05) is 36.6 Å². The van der Waals surface area contributed by atoms with Gasteiger partial charge in [0.15, 0.2) is 5.82 Å². The van der Waals surface area contributed by atoms with Gasteiger partial charge in [0.05, 0.1) is 18.5 Å². The third-order valence-corrected chi connectivity index (χ3v) is 6.33. The number of hydrogen-bond acceptors (Lipinski definition) is 7. The number of carboxylic acid groups (broad SMARTS) is 1. The van der Waals surface area contributed by atoms with Crippen LogP contribution in [-0.2, 0) is 9.59 Å². The van der Waals surface area contributed by atoms with Crippen LogP contribution in [0.2, 0.25) is 5.02 Å². The van der Waals surface area contributed by atoms with E-state index in [9.17, 15) is 4.79 Å². The van der Waals surface area contributed by atoms with Crippen molar-refractivity contribution in [3.63, 3.8) is 0 Å². The lowest BCUT2D eigenvalue weighted by Crippen LogP contribution is -2.11. The molecule has 2 heterocycles. The van der Waals surface area contributed by atoms with E-state index in [1.165, 1.54) is 0 Å². The maximum Gasteiger partial charge on any atom is 0.290 e. The molecule has 0 radical (unpaired) electrons. The molecule has 37 heavy (non-hydrogen) atoms. The average Bonchev–Trinajstić information content (AvgIpc) is 3.22. The first-order chi connectivity index (χ1) is 17.9. The molecule has 1 atom stereocenters. The summed E-state index contributed by atoms with van der Waals surface area (Å²) in [6.07, 6.45) is 4.72. The molecule has 3 aromatic rings. The van der Waals surface area contributed by atoms with Gasteiger partial charge in [-0.05, 0) is 56.6 Å². The monoisotopic (exact) mass is 525 g/mol. The van der Waals surface area contributed by atoms with E-state index in [1.54, 1.807) is 7.11 Å². The molecule has 10 heteroatoms. The maximum atomic E-state index is 12.9. The number of fused-ring (bicyclic) bond motifs is 3. The van der Waals surface area contributed by atoms with Gasteiger partial charge in [0, 0.05) is 29.0 Å². The summed E-state index contributed by atoms with van der Waals surface area (Å²) in [5.74, 6) is 2.31. The Hall–Kier alpha value is -3.56. The molecule has 4 rings (SSSR count). The van der Waals surface area contributed by atoms with Crippen molar-refractivity contribution in [3.05, 3.63) is 70.3 Å². The Labute approximate surface area is 221 Å². The minimum Gasteiger partial charge on any atom is -0.497 e. The zero-order valence-electron chi connectivity index (χ0n) is 21.1. The van der Waals surface area contributed by atoms with Gasteiger partial charge in [-0.3, -0.25) is 19.1 Å². The van der Waals surface area contributed by atoms with E-state index < -0.39 is 6.04 Å². The van der Waals surface area contributed by atoms with Gasteiger partial charge < -0.3 is 15.6 Å². The van der Waals surface area contributed by atoms with E-state index in [1.807, 2.05) is 54.0 Å². The molecule has 0 saturated heterocycles. The van der Waals surface area contributed by atoms with Crippen molar-refractivity contribution in [3.8, 4) is 11.4 Å². The van der Waals surface area contributed by atoms with Crippen LogP contribution in [0, 0.1) is 6.92 Å². The molecule has 0 bridgehead atoms. The van der Waals surface area contributed by atoms with E-state index >= 15 is 0 Å². The number of benzene rings is 2. The molecule has 0 saturated carbocycles. The van der Waals surface area contributed by atoms with E-state index in [-0.39, 0.29) is 18.7 Å². The van der Waals surface area contributed by atoms with E-state index in [2.05, 4.69) is 10.2 Å². The largest absolute Gasteiger partial charge is 0.497 e. The van der Waals surface area contributed by atoms with Crippen LogP contribution in [0.4, 0.5) is 0 Å². The van der Waals surface area contributed by atoms with Crippen molar-refractivity contribution >= 4 is 29.6 Å². The molecule has 0 spiro atoms. The minimum atomic E-state index is -0.443. The van der Waals surface area contributed by atoms with Crippen molar-refractivity contribution in [2.24, 2.45) is 10.7 Å². The molecule has 1 aliphatic heterocycles. The van der Waals surface area contributed by atoms with Crippen LogP contribution in [0.3, 0.4) is 0 Å². The molecule has 196 valence electrons. The minimum absolute atomic E-state index is 0.174. The number of ketones is 1. The highest BCUT2D eigenvalue weighted by Crippen LogP contribution is 2.34. The number of halogens is 1. The first-order valence-electron chi connectivity index (χ1n) is 12.2. The summed E-state index contributed by atoms with van der Waals surface area (Å²) in [6.45, 7) is 2.35. The van der Waals surface area contributed by atoms with Crippen LogP contribution in [0.5, 0.6) is 5.75 Å². The van der Waals surface area contributed by atoms with Gasteiger partial charge in [0.25, 0.3) is 6.47 Å². The van der Waals surface area contributed by atoms with Crippen LogP contribution in [0.25, 0.3) is 5.69 Å². The Morgan fingerprint density at radius 1 is 1.14 bits per heavy atom. The second kappa shape index (κ2) is 13.7. The number of aromatic nitrogens is 3. The van der Waals surface area contributed by atoms with Gasteiger partial charge >= 0.3 is 0 Å². The van der Waals surface area contributed by atoms with Gasteiger partial charge in [0.2, 0.25) is 0 Å². The molecule has 0 fully saturated rings. The highest BCUT2D eigenvalue weighted by atomic mass is 35.5. The van der Waals surface area contributed by atoms with Crippen molar-refractivity contribution in [2.75, 3.05) is 13.7 Å². The number of Topliss-reactive ketones (excluding diaryl/α,β-unsaturated/α-hetero) is 1. The molecule has 0 unspecified atom stereocenters. The van der Waals surface area contributed by atoms with Crippen molar-refractivity contribution < 1.29 is 19.4 Å². The summed E-state index contributed by atoms with van der Waals surface area (Å²) >= 11 is 6.15. The van der Waals surface area contributed by atoms with Crippen LogP contribution >= 0.6 is 11.6 Å². The number of carbonyl (C=O) groups excluding carboxylic acids is 1. The molecular formula is C27H32ClN5O4. The lowest BCUT2D eigenvalue weighted by atomic mass is 9.99. The van der Waals surface area contributed by atoms with Gasteiger partial charge in [-0.2, -0.15) is 0 Å². The SMILES string of the molecule is COc1ccc2c(c1)C(c1ccc(Cl)cc1)=N[C@@H](CC(=O)CCCCCCN)c1nnc(C)n1-2.O=CO. The predicted octanol–water partition coefficient (Wildman–Crippen LogP) is 4.70. The van der Waals surface area contributed by atoms with Gasteiger partial charge in [-0.25, -0.2) is 0 Å². The predicted molar refractivity (Wildman–Crippen MR) is 143 cm³/mol. The second-order valence-corrected chi connectivity index (χ2v) is 9.06. The molecule has 2 aromatic carbocycles. The Morgan fingerprint density at radius 2 is 1.84 bits per heavy atom.